The van der Waals surface area contributed by atoms with Crippen molar-refractivity contribution in [3.8, 4) is 0 Å². The van der Waals surface area contributed by atoms with Crippen LogP contribution in [0.3, 0.4) is 0 Å². The second-order valence-electron chi connectivity index (χ2n) is 4.58. The summed E-state index contributed by atoms with van der Waals surface area (Å²) in [7, 11) is 0. The summed E-state index contributed by atoms with van der Waals surface area (Å²) >= 11 is 0. The number of benzene rings is 1. The Labute approximate surface area is 119 Å². The number of anilines is 1. The van der Waals surface area contributed by atoms with Gasteiger partial charge in [-0.25, -0.2) is 4.98 Å². The highest BCUT2D eigenvalue weighted by atomic mass is 16.1. The molecular weight excluding hydrogens is 270 g/mol. The predicted molar refractivity (Wildman–Crippen MR) is 76.2 cm³/mol. The molecule has 1 unspecified atom stereocenters. The average molecular weight is 283 g/mol. The average Bonchev–Trinajstić information content (AvgIpc) is 3.01. The molecule has 0 fully saturated rings. The number of tetrazole rings is 1. The highest BCUT2D eigenvalue weighted by molar-refractivity contribution is 5.99. The molecule has 0 saturated carbocycles. The molecule has 0 aliphatic rings. The molecule has 3 rings (SSSR count). The molecule has 0 bridgehead atoms. The maximum atomic E-state index is 12.2. The number of H-pyrrole nitrogens is 1. The summed E-state index contributed by atoms with van der Waals surface area (Å²) in [6.07, 6.45) is 0. The van der Waals surface area contributed by atoms with E-state index >= 15 is 0 Å². The van der Waals surface area contributed by atoms with Gasteiger partial charge in [-0.05, 0) is 18.4 Å². The van der Waals surface area contributed by atoms with E-state index in [1.165, 1.54) is 0 Å². The minimum atomic E-state index is -0.384. The lowest BCUT2D eigenvalue weighted by atomic mass is 10.1. The smallest absolute Gasteiger partial charge is 0.270 e. The monoisotopic (exact) mass is 283 g/mol. The highest BCUT2D eigenvalue weighted by Gasteiger charge is 2.16. The number of nitrogens with one attached hydrogen (secondary N) is 2. The van der Waals surface area contributed by atoms with E-state index in [0.717, 1.165) is 10.8 Å². The SMILES string of the molecule is CC(NC(=O)c1cc2ccccc2c(N)n1)c1nn[nH]n1. The van der Waals surface area contributed by atoms with Crippen LogP contribution < -0.4 is 11.1 Å². The van der Waals surface area contributed by atoms with Crippen molar-refractivity contribution < 1.29 is 4.79 Å². The maximum absolute atomic E-state index is 12.2. The summed E-state index contributed by atoms with van der Waals surface area (Å²) in [5, 5.41) is 17.9. The van der Waals surface area contributed by atoms with Gasteiger partial charge in [0.2, 0.25) is 0 Å². The van der Waals surface area contributed by atoms with E-state index in [0.29, 0.717) is 11.6 Å². The zero-order valence-corrected chi connectivity index (χ0v) is 11.2. The van der Waals surface area contributed by atoms with Gasteiger partial charge < -0.3 is 11.1 Å². The van der Waals surface area contributed by atoms with E-state index < -0.39 is 0 Å². The minimum absolute atomic E-state index is 0.251. The molecule has 1 atom stereocenters. The van der Waals surface area contributed by atoms with E-state index in [4.69, 9.17) is 5.73 Å². The van der Waals surface area contributed by atoms with Crippen molar-refractivity contribution in [2.75, 3.05) is 5.73 Å². The molecule has 1 aromatic carbocycles. The number of nitrogens with zero attached hydrogens (tertiary/aromatic N) is 4. The van der Waals surface area contributed by atoms with Gasteiger partial charge in [0.05, 0.1) is 6.04 Å². The Balaban J connectivity index is 1.88. The quantitative estimate of drug-likeness (QED) is 0.654. The second kappa shape index (κ2) is 5.16. The third kappa shape index (κ3) is 2.50. The third-order valence-electron chi connectivity index (χ3n) is 3.10. The van der Waals surface area contributed by atoms with Gasteiger partial charge in [-0.15, -0.1) is 10.2 Å². The number of aromatic amines is 1. The molecule has 8 nitrogen and oxygen atoms in total. The standard InChI is InChI=1S/C13H13N7O/c1-7(12-17-19-20-18-12)15-13(21)10-6-8-4-2-3-5-9(8)11(14)16-10/h2-7H,1H3,(H2,14,16)(H,15,21)(H,17,18,19,20). The van der Waals surface area contributed by atoms with Gasteiger partial charge in [-0.1, -0.05) is 29.5 Å². The van der Waals surface area contributed by atoms with Gasteiger partial charge in [0, 0.05) is 5.39 Å². The van der Waals surface area contributed by atoms with Crippen LogP contribution >= 0.6 is 0 Å². The van der Waals surface area contributed by atoms with Crippen LogP contribution in [-0.4, -0.2) is 31.5 Å². The Morgan fingerprint density at radius 3 is 2.95 bits per heavy atom. The van der Waals surface area contributed by atoms with E-state index in [1.807, 2.05) is 24.3 Å². The molecule has 0 spiro atoms. The zero-order valence-electron chi connectivity index (χ0n) is 11.2. The molecule has 0 radical (unpaired) electrons. The first-order valence-corrected chi connectivity index (χ1v) is 6.34. The Hall–Kier alpha value is -3.03. The molecule has 0 aliphatic carbocycles. The normalized spacial score (nSPS) is 12.2. The summed E-state index contributed by atoms with van der Waals surface area (Å²) < 4.78 is 0. The number of pyridine rings is 1. The van der Waals surface area contributed by atoms with E-state index in [2.05, 4.69) is 30.9 Å². The number of aromatic nitrogens is 5. The lowest BCUT2D eigenvalue weighted by Crippen LogP contribution is -2.28. The molecule has 8 heteroatoms. The van der Waals surface area contributed by atoms with Crippen molar-refractivity contribution in [1.29, 1.82) is 0 Å². The fraction of sp³-hybridized carbons (Fsp3) is 0.154. The van der Waals surface area contributed by atoms with Crippen molar-refractivity contribution in [3.05, 3.63) is 41.9 Å². The lowest BCUT2D eigenvalue weighted by molar-refractivity contribution is 0.0933. The number of rotatable bonds is 3. The van der Waals surface area contributed by atoms with E-state index in [9.17, 15) is 4.79 Å². The van der Waals surface area contributed by atoms with Crippen LogP contribution in [0.25, 0.3) is 10.8 Å². The first-order chi connectivity index (χ1) is 10.1. The zero-order chi connectivity index (χ0) is 14.8. The third-order valence-corrected chi connectivity index (χ3v) is 3.10. The largest absolute Gasteiger partial charge is 0.383 e. The van der Waals surface area contributed by atoms with Gasteiger partial charge in [-0.3, -0.25) is 4.79 Å². The van der Waals surface area contributed by atoms with Gasteiger partial charge in [0.25, 0.3) is 5.91 Å². The second-order valence-corrected chi connectivity index (χ2v) is 4.58. The Morgan fingerprint density at radius 2 is 2.19 bits per heavy atom. The topological polar surface area (TPSA) is 122 Å². The number of hydrogen-bond acceptors (Lipinski definition) is 6. The molecule has 106 valence electrons. The molecule has 0 saturated heterocycles. The maximum Gasteiger partial charge on any atom is 0.270 e. The molecule has 0 aliphatic heterocycles. The van der Waals surface area contributed by atoms with Crippen LogP contribution in [-0.2, 0) is 0 Å². The van der Waals surface area contributed by atoms with Gasteiger partial charge in [0.1, 0.15) is 11.5 Å². The molecular formula is C13H13N7O. The number of amides is 1. The first-order valence-electron chi connectivity index (χ1n) is 6.34. The van der Waals surface area contributed by atoms with E-state index in [1.54, 1.807) is 13.0 Å². The molecule has 21 heavy (non-hydrogen) atoms. The minimum Gasteiger partial charge on any atom is -0.383 e. The Morgan fingerprint density at radius 1 is 1.38 bits per heavy atom. The molecule has 2 aromatic heterocycles. The summed E-state index contributed by atoms with van der Waals surface area (Å²) in [6.45, 7) is 1.76. The molecule has 3 aromatic rings. The number of carbonyl (C=O) groups excluding carboxylic acids is 1. The van der Waals surface area contributed by atoms with Crippen LogP contribution in [0.4, 0.5) is 5.82 Å². The number of fused-ring (bicyclic) bond motifs is 1. The molecule has 4 N–H and O–H groups in total. The van der Waals surface area contributed by atoms with Crippen LogP contribution in [0, 0.1) is 0 Å². The number of hydrogen-bond donors (Lipinski definition) is 3. The number of carbonyl (C=O) groups is 1. The van der Waals surface area contributed by atoms with Gasteiger partial charge >= 0.3 is 0 Å². The fourth-order valence-corrected chi connectivity index (χ4v) is 2.03. The molecule has 1 amide bonds. The summed E-state index contributed by atoms with van der Waals surface area (Å²) in [4.78, 5) is 16.4. The Bertz CT molecular complexity index is 784. The van der Waals surface area contributed by atoms with Crippen LogP contribution in [0.15, 0.2) is 30.3 Å². The highest BCUT2D eigenvalue weighted by Crippen LogP contribution is 2.20. The number of nitrogens with two attached hydrogens (primary N) is 1. The van der Waals surface area contributed by atoms with Crippen LogP contribution in [0.2, 0.25) is 0 Å². The lowest BCUT2D eigenvalue weighted by Gasteiger charge is -2.10. The van der Waals surface area contributed by atoms with Crippen molar-refractivity contribution in [1.82, 2.24) is 30.9 Å². The fourth-order valence-electron chi connectivity index (χ4n) is 2.03. The van der Waals surface area contributed by atoms with Crippen LogP contribution in [0.5, 0.6) is 0 Å². The Kier molecular flexibility index (Phi) is 3.19. The van der Waals surface area contributed by atoms with Gasteiger partial charge in [0.15, 0.2) is 5.82 Å². The van der Waals surface area contributed by atoms with E-state index in [-0.39, 0.29) is 17.6 Å². The van der Waals surface area contributed by atoms with Gasteiger partial charge in [-0.2, -0.15) is 5.21 Å². The van der Waals surface area contributed by atoms with Crippen molar-refractivity contribution in [2.24, 2.45) is 0 Å². The molecule has 2 heterocycles. The van der Waals surface area contributed by atoms with Crippen LogP contribution in [0.1, 0.15) is 29.3 Å². The van der Waals surface area contributed by atoms with Crippen molar-refractivity contribution in [2.45, 2.75) is 13.0 Å². The first kappa shape index (κ1) is 13.0. The van der Waals surface area contributed by atoms with Crippen molar-refractivity contribution >= 4 is 22.5 Å². The predicted octanol–water partition coefficient (Wildman–Crippen LogP) is 0.821. The van der Waals surface area contributed by atoms with Crippen molar-refractivity contribution in [3.63, 3.8) is 0 Å². The summed E-state index contributed by atoms with van der Waals surface area (Å²) in [6, 6.07) is 8.81. The summed E-state index contributed by atoms with van der Waals surface area (Å²) in [5.41, 5.74) is 6.14. The summed E-state index contributed by atoms with van der Waals surface area (Å²) in [5.74, 6) is 0.382. The number of nitrogen functional groups attached to an aromatic ring is 1.